The number of alkyl halides is 3. The summed E-state index contributed by atoms with van der Waals surface area (Å²) in [4.78, 5) is 14.5. The summed E-state index contributed by atoms with van der Waals surface area (Å²) in [5.74, 6) is -1.69. The summed E-state index contributed by atoms with van der Waals surface area (Å²) >= 11 is 0. The van der Waals surface area contributed by atoms with Crippen LogP contribution in [0.1, 0.15) is 39.5 Å². The molecule has 2 saturated heterocycles. The molecule has 0 aromatic carbocycles. The molecule has 0 aromatic rings. The fraction of sp³-hybridized carbons (Fsp3) is 0.923. The Labute approximate surface area is 111 Å². The number of amides is 1. The van der Waals surface area contributed by atoms with Crippen molar-refractivity contribution in [2.45, 2.75) is 63.8 Å². The summed E-state index contributed by atoms with van der Waals surface area (Å²) in [6.07, 6.45) is -1.13. The van der Waals surface area contributed by atoms with E-state index in [-0.39, 0.29) is 13.1 Å². The molecule has 0 radical (unpaired) electrons. The highest BCUT2D eigenvalue weighted by atomic mass is 19.4. The van der Waals surface area contributed by atoms with Crippen LogP contribution in [0.4, 0.5) is 13.2 Å². The molecule has 1 amide bonds. The van der Waals surface area contributed by atoms with Gasteiger partial charge in [0, 0.05) is 31.2 Å². The predicted molar refractivity (Wildman–Crippen MR) is 65.7 cm³/mol. The number of hydrogen-bond donors (Lipinski definition) is 0. The predicted octanol–water partition coefficient (Wildman–Crippen LogP) is 2.41. The van der Waals surface area contributed by atoms with E-state index in [0.717, 1.165) is 17.7 Å². The molecule has 6 heteroatoms. The van der Waals surface area contributed by atoms with E-state index in [9.17, 15) is 18.0 Å². The van der Waals surface area contributed by atoms with E-state index in [2.05, 4.69) is 18.7 Å². The molecule has 0 saturated carbocycles. The summed E-state index contributed by atoms with van der Waals surface area (Å²) in [6.45, 7) is 4.80. The zero-order valence-corrected chi connectivity index (χ0v) is 11.4. The van der Waals surface area contributed by atoms with Crippen molar-refractivity contribution in [3.05, 3.63) is 0 Å². The van der Waals surface area contributed by atoms with E-state index in [0.29, 0.717) is 31.0 Å². The number of halogens is 3. The van der Waals surface area contributed by atoms with E-state index in [1.165, 1.54) is 0 Å². The minimum Gasteiger partial charge on any atom is -0.335 e. The number of hydrogen-bond acceptors (Lipinski definition) is 2. The summed E-state index contributed by atoms with van der Waals surface area (Å²) in [6, 6.07) is 1.33. The van der Waals surface area contributed by atoms with Crippen molar-refractivity contribution in [3.63, 3.8) is 0 Å². The first-order valence-electron chi connectivity index (χ1n) is 6.94. The smallest absolute Gasteiger partial charge is 0.335 e. The van der Waals surface area contributed by atoms with Crippen LogP contribution in [0, 0.1) is 0 Å². The number of carbonyl (C=O) groups excluding carboxylic acids is 1. The topological polar surface area (TPSA) is 23.6 Å². The normalized spacial score (nSPS) is 30.9. The second kappa shape index (κ2) is 5.31. The summed E-state index contributed by atoms with van der Waals surface area (Å²) in [7, 11) is 0. The van der Waals surface area contributed by atoms with Gasteiger partial charge in [0.15, 0.2) is 0 Å². The lowest BCUT2D eigenvalue weighted by Crippen LogP contribution is -2.52. The molecule has 2 fully saturated rings. The number of rotatable bonds is 1. The summed E-state index contributed by atoms with van der Waals surface area (Å²) in [5.41, 5.74) is 0. The second-order valence-electron chi connectivity index (χ2n) is 5.74. The first-order valence-corrected chi connectivity index (χ1v) is 6.94. The highest BCUT2D eigenvalue weighted by Crippen LogP contribution is 2.31. The molecule has 0 aromatic heterocycles. The number of likely N-dealkylation sites (tertiary alicyclic amines) is 2. The van der Waals surface area contributed by atoms with Gasteiger partial charge in [-0.1, -0.05) is 0 Å². The van der Waals surface area contributed by atoms with Crippen molar-refractivity contribution in [2.75, 3.05) is 13.1 Å². The van der Waals surface area contributed by atoms with Gasteiger partial charge >= 0.3 is 12.1 Å². The third kappa shape index (κ3) is 3.04. The highest BCUT2D eigenvalue weighted by Gasteiger charge is 2.44. The Morgan fingerprint density at radius 2 is 1.47 bits per heavy atom. The Morgan fingerprint density at radius 1 is 1.00 bits per heavy atom. The molecule has 110 valence electrons. The molecule has 0 spiro atoms. The van der Waals surface area contributed by atoms with Crippen LogP contribution in [-0.2, 0) is 4.79 Å². The van der Waals surface area contributed by atoms with E-state index in [1.54, 1.807) is 0 Å². The molecule has 0 aliphatic carbocycles. The van der Waals surface area contributed by atoms with Crippen molar-refractivity contribution >= 4 is 5.91 Å². The molecular formula is C13H21F3N2O. The lowest BCUT2D eigenvalue weighted by atomic mass is 10.0. The molecule has 19 heavy (non-hydrogen) atoms. The fourth-order valence-corrected chi connectivity index (χ4v) is 3.48. The molecule has 0 N–H and O–H groups in total. The zero-order valence-electron chi connectivity index (χ0n) is 11.4. The largest absolute Gasteiger partial charge is 0.471 e. The Bertz CT molecular complexity index is 327. The first kappa shape index (κ1) is 14.6. The molecule has 2 aliphatic rings. The molecule has 3 nitrogen and oxygen atoms in total. The third-order valence-corrected chi connectivity index (χ3v) is 4.44. The van der Waals surface area contributed by atoms with Gasteiger partial charge in [-0.3, -0.25) is 9.69 Å². The third-order valence-electron chi connectivity index (χ3n) is 4.44. The number of nitrogens with zero attached hydrogens (tertiary/aromatic N) is 2. The van der Waals surface area contributed by atoms with Gasteiger partial charge in [0.05, 0.1) is 0 Å². The molecule has 0 unspecified atom stereocenters. The molecule has 0 bridgehead atoms. The van der Waals surface area contributed by atoms with Crippen LogP contribution in [0.25, 0.3) is 0 Å². The molecule has 2 heterocycles. The Morgan fingerprint density at radius 3 is 1.89 bits per heavy atom. The van der Waals surface area contributed by atoms with Gasteiger partial charge < -0.3 is 4.90 Å². The van der Waals surface area contributed by atoms with E-state index >= 15 is 0 Å². The van der Waals surface area contributed by atoms with Crippen molar-refractivity contribution in [3.8, 4) is 0 Å². The van der Waals surface area contributed by atoms with E-state index in [4.69, 9.17) is 0 Å². The molecular weight excluding hydrogens is 257 g/mol. The molecule has 2 aliphatic heterocycles. The number of piperidine rings is 1. The maximum atomic E-state index is 12.4. The first-order chi connectivity index (χ1) is 8.80. The van der Waals surface area contributed by atoms with Gasteiger partial charge in [0.25, 0.3) is 0 Å². The van der Waals surface area contributed by atoms with Gasteiger partial charge in [-0.25, -0.2) is 0 Å². The highest BCUT2D eigenvalue weighted by molar-refractivity contribution is 5.81. The zero-order chi connectivity index (χ0) is 14.2. The van der Waals surface area contributed by atoms with Crippen molar-refractivity contribution in [2.24, 2.45) is 0 Å². The van der Waals surface area contributed by atoms with Gasteiger partial charge in [0.2, 0.25) is 0 Å². The van der Waals surface area contributed by atoms with Crippen molar-refractivity contribution < 1.29 is 18.0 Å². The standard InChI is InChI=1S/C13H21F3N2O/c1-9-3-4-10(2)18(9)11-5-7-17(8-6-11)12(19)13(14,15)16/h9-11H,3-8H2,1-2H3/t9-,10-/m1/s1. The van der Waals surface area contributed by atoms with E-state index in [1.807, 2.05) is 0 Å². The van der Waals surface area contributed by atoms with Gasteiger partial charge in [0.1, 0.15) is 0 Å². The van der Waals surface area contributed by atoms with Crippen LogP contribution < -0.4 is 0 Å². The average molecular weight is 278 g/mol. The summed E-state index contributed by atoms with van der Waals surface area (Å²) in [5, 5.41) is 0. The van der Waals surface area contributed by atoms with Gasteiger partial charge in [-0.05, 0) is 39.5 Å². The minimum absolute atomic E-state index is 0.221. The quantitative estimate of drug-likeness (QED) is 0.735. The van der Waals surface area contributed by atoms with Crippen LogP contribution in [-0.4, -0.2) is 53.1 Å². The van der Waals surface area contributed by atoms with Gasteiger partial charge in [-0.15, -0.1) is 0 Å². The maximum Gasteiger partial charge on any atom is 0.471 e. The second-order valence-corrected chi connectivity index (χ2v) is 5.74. The van der Waals surface area contributed by atoms with E-state index < -0.39 is 12.1 Å². The molecule has 2 atom stereocenters. The monoisotopic (exact) mass is 278 g/mol. The summed E-state index contributed by atoms with van der Waals surface area (Å²) < 4.78 is 37.1. The Balaban J connectivity index is 1.91. The maximum absolute atomic E-state index is 12.4. The number of carbonyl (C=O) groups is 1. The average Bonchev–Trinajstić information content (AvgIpc) is 2.67. The van der Waals surface area contributed by atoms with Crippen LogP contribution >= 0.6 is 0 Å². The van der Waals surface area contributed by atoms with Crippen LogP contribution in [0.15, 0.2) is 0 Å². The molecule has 2 rings (SSSR count). The fourth-order valence-electron chi connectivity index (χ4n) is 3.48. The van der Waals surface area contributed by atoms with Crippen molar-refractivity contribution in [1.29, 1.82) is 0 Å². The van der Waals surface area contributed by atoms with Gasteiger partial charge in [-0.2, -0.15) is 13.2 Å². The van der Waals surface area contributed by atoms with Crippen LogP contribution in [0.3, 0.4) is 0 Å². The lowest BCUT2D eigenvalue weighted by molar-refractivity contribution is -0.187. The SMILES string of the molecule is C[C@@H]1CC[C@@H](C)N1C1CCN(C(=O)C(F)(F)F)CC1. The van der Waals surface area contributed by atoms with Crippen LogP contribution in [0.5, 0.6) is 0 Å². The Kier molecular flexibility index (Phi) is 4.08. The lowest BCUT2D eigenvalue weighted by Gasteiger charge is -2.40. The van der Waals surface area contributed by atoms with Crippen molar-refractivity contribution in [1.82, 2.24) is 9.80 Å². The Hall–Kier alpha value is -0.780. The minimum atomic E-state index is -4.74. The van der Waals surface area contributed by atoms with Crippen LogP contribution in [0.2, 0.25) is 0 Å².